The first-order chi connectivity index (χ1) is 20.8. The smallest absolute Gasteiger partial charge is 0.328 e. The zero-order valence-corrected chi connectivity index (χ0v) is 24.5. The minimum absolute atomic E-state index is 0.0146. The van der Waals surface area contributed by atoms with E-state index in [1.54, 1.807) is 35.2 Å². The van der Waals surface area contributed by atoms with Crippen LogP contribution in [0, 0.1) is 10.1 Å². The predicted molar refractivity (Wildman–Crippen MR) is 161 cm³/mol. The molecule has 0 radical (unpaired) electrons. The van der Waals surface area contributed by atoms with Gasteiger partial charge in [-0.25, -0.2) is 4.79 Å². The van der Waals surface area contributed by atoms with Crippen LogP contribution in [0.5, 0.6) is 11.5 Å². The van der Waals surface area contributed by atoms with E-state index in [-0.39, 0.29) is 36.7 Å². The molecule has 2 heterocycles. The number of benzene rings is 3. The summed E-state index contributed by atoms with van der Waals surface area (Å²) in [5.74, 6) is -1.10. The Morgan fingerprint density at radius 2 is 1.81 bits per heavy atom. The van der Waals surface area contributed by atoms with Gasteiger partial charge in [0.25, 0.3) is 0 Å². The number of hydrogen-bond donors (Lipinski definition) is 1. The standard InChI is InChI=1S/C33H37N3O7/c1-3-4-5-9-15-28-32(38)34-27(33(39)42-2)19-25-16-17-30(29(20-25)36(40)41)43-26-14-10-13-24(18-26)21-31(37)35(28)22-23-11-7-6-8-12-23/h6-8,10-14,16-18,20,27-28H,3-5,9,15,19,21-22H2,1-2H3,(H,34,38). The highest BCUT2D eigenvalue weighted by Gasteiger charge is 2.33. The first-order valence-corrected chi connectivity index (χ1v) is 14.5. The average Bonchev–Trinajstić information content (AvgIpc) is 3.00. The van der Waals surface area contributed by atoms with E-state index in [9.17, 15) is 24.5 Å². The Morgan fingerprint density at radius 3 is 2.53 bits per heavy atom. The second kappa shape index (κ2) is 14.9. The molecular weight excluding hydrogens is 550 g/mol. The van der Waals surface area contributed by atoms with Gasteiger partial charge in [-0.15, -0.1) is 0 Å². The van der Waals surface area contributed by atoms with Crippen molar-refractivity contribution in [3.63, 3.8) is 0 Å². The quantitative estimate of drug-likeness (QED) is 0.151. The van der Waals surface area contributed by atoms with E-state index >= 15 is 0 Å². The number of ether oxygens (including phenoxy) is 2. The molecule has 3 aromatic rings. The molecule has 2 unspecified atom stereocenters. The number of rotatable bonds is 9. The predicted octanol–water partition coefficient (Wildman–Crippen LogP) is 5.51. The SMILES string of the molecule is CCCCCCC1C(=O)NC(C(=O)OC)Cc2ccc(c([N+](=O)[O-])c2)Oc2cccc(c2)CC(=O)N1Cc1ccccc1. The molecule has 5 rings (SSSR count). The summed E-state index contributed by atoms with van der Waals surface area (Å²) in [7, 11) is 1.22. The summed E-state index contributed by atoms with van der Waals surface area (Å²) >= 11 is 0. The number of nitrogens with zero attached hydrogens (tertiary/aromatic N) is 2. The lowest BCUT2D eigenvalue weighted by Gasteiger charge is -2.32. The fourth-order valence-electron chi connectivity index (χ4n) is 5.23. The van der Waals surface area contributed by atoms with Gasteiger partial charge in [-0.2, -0.15) is 0 Å². The highest BCUT2D eigenvalue weighted by atomic mass is 16.6. The maximum absolute atomic E-state index is 14.0. The summed E-state index contributed by atoms with van der Waals surface area (Å²) in [6.45, 7) is 2.30. The van der Waals surface area contributed by atoms with Gasteiger partial charge in [-0.3, -0.25) is 19.7 Å². The molecule has 0 saturated carbocycles. The Morgan fingerprint density at radius 1 is 1.02 bits per heavy atom. The van der Waals surface area contributed by atoms with Gasteiger partial charge in [-0.05, 0) is 41.3 Å². The van der Waals surface area contributed by atoms with Gasteiger partial charge in [0.1, 0.15) is 17.8 Å². The van der Waals surface area contributed by atoms with Crippen molar-refractivity contribution in [3.05, 3.63) is 99.6 Å². The second-order valence-corrected chi connectivity index (χ2v) is 10.6. The van der Waals surface area contributed by atoms with Gasteiger partial charge in [0, 0.05) is 19.0 Å². The molecule has 0 fully saturated rings. The van der Waals surface area contributed by atoms with Crippen molar-refractivity contribution in [3.8, 4) is 11.5 Å². The van der Waals surface area contributed by atoms with Crippen LogP contribution in [0.3, 0.4) is 0 Å². The van der Waals surface area contributed by atoms with Crippen LogP contribution in [-0.2, 0) is 38.5 Å². The Hall–Kier alpha value is -4.73. The number of carbonyl (C=O) groups is 3. The topological polar surface area (TPSA) is 128 Å². The van der Waals surface area contributed by atoms with E-state index in [4.69, 9.17) is 9.47 Å². The summed E-state index contributed by atoms with van der Waals surface area (Å²) in [6, 6.07) is 18.7. The Labute approximate surface area is 251 Å². The summed E-state index contributed by atoms with van der Waals surface area (Å²) < 4.78 is 10.9. The summed E-state index contributed by atoms with van der Waals surface area (Å²) in [5, 5.41) is 14.7. The molecule has 2 aliphatic heterocycles. The highest BCUT2D eigenvalue weighted by molar-refractivity contribution is 5.91. The molecule has 43 heavy (non-hydrogen) atoms. The van der Waals surface area contributed by atoms with Gasteiger partial charge in [0.2, 0.25) is 17.6 Å². The normalized spacial score (nSPS) is 17.2. The molecule has 0 aliphatic carbocycles. The lowest BCUT2D eigenvalue weighted by Crippen LogP contribution is -2.54. The number of carbonyl (C=O) groups excluding carboxylic acids is 3. The molecule has 0 saturated heterocycles. The lowest BCUT2D eigenvalue weighted by molar-refractivity contribution is -0.385. The number of esters is 1. The molecule has 10 heteroatoms. The average molecular weight is 588 g/mol. The Kier molecular flexibility index (Phi) is 10.9. The molecule has 226 valence electrons. The number of hydrogen-bond acceptors (Lipinski definition) is 7. The van der Waals surface area contributed by atoms with Crippen LogP contribution in [0.1, 0.15) is 55.7 Å². The number of methoxy groups -OCH3 is 1. The van der Waals surface area contributed by atoms with E-state index in [2.05, 4.69) is 12.2 Å². The van der Waals surface area contributed by atoms with Gasteiger partial charge in [0.15, 0.2) is 0 Å². The minimum Gasteiger partial charge on any atom is -0.467 e. The van der Waals surface area contributed by atoms with Crippen LogP contribution in [0.4, 0.5) is 5.69 Å². The molecule has 3 aromatic carbocycles. The fraction of sp³-hybridized carbons (Fsp3) is 0.364. The molecule has 1 N–H and O–H groups in total. The van der Waals surface area contributed by atoms with Gasteiger partial charge < -0.3 is 19.7 Å². The van der Waals surface area contributed by atoms with Crippen molar-refractivity contribution in [1.82, 2.24) is 10.2 Å². The van der Waals surface area contributed by atoms with Crippen molar-refractivity contribution in [2.24, 2.45) is 0 Å². The molecule has 0 spiro atoms. The van der Waals surface area contributed by atoms with Crippen molar-refractivity contribution in [2.75, 3.05) is 7.11 Å². The van der Waals surface area contributed by atoms with E-state index in [0.29, 0.717) is 29.7 Å². The summed E-state index contributed by atoms with van der Waals surface area (Å²) in [6.07, 6.45) is 3.94. The number of nitro benzene ring substituents is 1. The van der Waals surface area contributed by atoms with Crippen molar-refractivity contribution < 1.29 is 28.8 Å². The number of fused-ring (bicyclic) bond motifs is 9. The van der Waals surface area contributed by atoms with Crippen molar-refractivity contribution >= 4 is 23.5 Å². The van der Waals surface area contributed by atoms with Crippen molar-refractivity contribution in [2.45, 2.75) is 70.5 Å². The summed E-state index contributed by atoms with van der Waals surface area (Å²) in [5.41, 5.74) is 1.64. The van der Waals surface area contributed by atoms with Crippen LogP contribution >= 0.6 is 0 Å². The maximum Gasteiger partial charge on any atom is 0.328 e. The second-order valence-electron chi connectivity index (χ2n) is 10.6. The maximum atomic E-state index is 14.0. The largest absolute Gasteiger partial charge is 0.467 e. The first-order valence-electron chi connectivity index (χ1n) is 14.5. The van der Waals surface area contributed by atoms with E-state index in [0.717, 1.165) is 24.8 Å². The molecule has 2 atom stereocenters. The number of nitrogens with one attached hydrogen (secondary N) is 1. The fourth-order valence-corrected chi connectivity index (χ4v) is 5.23. The third-order valence-electron chi connectivity index (χ3n) is 7.47. The Balaban J connectivity index is 1.80. The van der Waals surface area contributed by atoms with Gasteiger partial charge in [0.05, 0.1) is 18.5 Å². The lowest BCUT2D eigenvalue weighted by atomic mass is 10.0. The highest BCUT2D eigenvalue weighted by Crippen LogP contribution is 2.33. The Bertz CT molecular complexity index is 1440. The molecule has 2 amide bonds. The monoisotopic (exact) mass is 587 g/mol. The minimum atomic E-state index is -1.13. The van der Waals surface area contributed by atoms with Crippen LogP contribution in [0.25, 0.3) is 0 Å². The van der Waals surface area contributed by atoms with E-state index in [1.165, 1.54) is 19.2 Å². The van der Waals surface area contributed by atoms with Crippen molar-refractivity contribution in [1.29, 1.82) is 0 Å². The number of nitro groups is 1. The zero-order valence-electron chi connectivity index (χ0n) is 24.5. The molecule has 10 nitrogen and oxygen atoms in total. The third kappa shape index (κ3) is 8.41. The molecule has 4 bridgehead atoms. The zero-order chi connectivity index (χ0) is 30.8. The van der Waals surface area contributed by atoms with Gasteiger partial charge in [-0.1, -0.05) is 81.1 Å². The van der Waals surface area contributed by atoms with Crippen LogP contribution in [0.2, 0.25) is 0 Å². The molecule has 0 aromatic heterocycles. The van der Waals surface area contributed by atoms with Crippen LogP contribution in [0.15, 0.2) is 72.8 Å². The van der Waals surface area contributed by atoms with Crippen LogP contribution < -0.4 is 10.1 Å². The number of amides is 2. The van der Waals surface area contributed by atoms with E-state index < -0.39 is 28.9 Å². The molecule has 2 aliphatic rings. The number of unbranched alkanes of at least 4 members (excludes halogenated alkanes) is 3. The molecular formula is C33H37N3O7. The van der Waals surface area contributed by atoms with Gasteiger partial charge >= 0.3 is 11.7 Å². The third-order valence-corrected chi connectivity index (χ3v) is 7.47. The first kappa shape index (κ1) is 31.2. The van der Waals surface area contributed by atoms with E-state index in [1.807, 2.05) is 30.3 Å². The van der Waals surface area contributed by atoms with Crippen LogP contribution in [-0.4, -0.2) is 46.8 Å². The summed E-state index contributed by atoms with van der Waals surface area (Å²) in [4.78, 5) is 53.8.